The van der Waals surface area contributed by atoms with E-state index in [2.05, 4.69) is 61.1 Å². The standard InChI is InChI=1S/C72H138N4O14S2/c1-7-13-51-86-68(81)38-27-19-15-23-34-64(77)56-75(57-65(78)35-24-16-20-28-39-69(82)87-52-14-8-2)43-32-31-42-70(83)88-53-49-73-45-47-74(48-46-73)50-55-92-91-54-33-44-76(58-66(79)36-25-17-21-29-40-71(84)89-60-62(9-3)10-4)59-67(80)37-26-18-22-30-41-72(85)90-61-63(11-5)12-6/h62-67,77-80H,7-61H2,1-6H3. The SMILES string of the molecule is CCCCOC(=O)CCCCCCC(O)CN(CCCCC(=O)OCCN1CCN(CCSSCCCN(CC(O)CCCCCCC(=O)OCC(CC)CC)CC(O)CCCCCCC(=O)OCC(CC)CC)CC1)CC(O)CCCCCCC(=O)OCCCC. The molecule has 1 aliphatic rings. The van der Waals surface area contributed by atoms with Gasteiger partial charge in [-0.3, -0.25) is 43.6 Å². The van der Waals surface area contributed by atoms with Gasteiger partial charge in [0.15, 0.2) is 0 Å². The van der Waals surface area contributed by atoms with Gasteiger partial charge in [0.25, 0.3) is 0 Å². The minimum atomic E-state index is -0.536. The molecule has 18 nitrogen and oxygen atoms in total. The van der Waals surface area contributed by atoms with Crippen molar-refractivity contribution in [3.8, 4) is 0 Å². The highest BCUT2D eigenvalue weighted by atomic mass is 33.1. The van der Waals surface area contributed by atoms with Crippen LogP contribution in [-0.4, -0.2) is 217 Å². The fraction of sp³-hybridized carbons (Fsp3) is 0.931. The summed E-state index contributed by atoms with van der Waals surface area (Å²) in [6.07, 6.45) is 27.1. The van der Waals surface area contributed by atoms with Crippen LogP contribution in [0.3, 0.4) is 0 Å². The lowest BCUT2D eigenvalue weighted by molar-refractivity contribution is -0.146. The molecule has 4 N–H and O–H groups in total. The molecule has 92 heavy (non-hydrogen) atoms. The summed E-state index contributed by atoms with van der Waals surface area (Å²) in [5, 5.41) is 44.3. The molecule has 0 bridgehead atoms. The molecule has 0 aromatic carbocycles. The van der Waals surface area contributed by atoms with E-state index in [0.717, 1.165) is 218 Å². The molecule has 0 aromatic rings. The molecule has 1 aliphatic heterocycles. The molecule has 0 radical (unpaired) electrons. The lowest BCUT2D eigenvalue weighted by Crippen LogP contribution is -2.47. The first-order valence-electron chi connectivity index (χ1n) is 37.3. The molecule has 4 atom stereocenters. The summed E-state index contributed by atoms with van der Waals surface area (Å²) >= 11 is 0. The van der Waals surface area contributed by atoms with Crippen molar-refractivity contribution in [1.82, 2.24) is 19.6 Å². The fourth-order valence-electron chi connectivity index (χ4n) is 11.3. The molecule has 4 unspecified atom stereocenters. The molecule has 20 heteroatoms. The van der Waals surface area contributed by atoms with Gasteiger partial charge in [0, 0.05) is 109 Å². The zero-order valence-corrected chi connectivity index (χ0v) is 61.0. The predicted molar refractivity (Wildman–Crippen MR) is 377 cm³/mol. The van der Waals surface area contributed by atoms with Crippen LogP contribution in [0.4, 0.5) is 0 Å². The van der Waals surface area contributed by atoms with Crippen LogP contribution in [0.2, 0.25) is 0 Å². The monoisotopic (exact) mass is 1350 g/mol. The maximum absolute atomic E-state index is 12.8. The summed E-state index contributed by atoms with van der Waals surface area (Å²) in [6, 6.07) is 0. The van der Waals surface area contributed by atoms with Crippen molar-refractivity contribution in [3.05, 3.63) is 0 Å². The number of unbranched alkanes of at least 4 members (excludes halogenated alkanes) is 15. The van der Waals surface area contributed by atoms with Gasteiger partial charge in [-0.15, -0.1) is 0 Å². The first-order chi connectivity index (χ1) is 44.6. The van der Waals surface area contributed by atoms with Crippen LogP contribution in [0.15, 0.2) is 0 Å². The van der Waals surface area contributed by atoms with Gasteiger partial charge in [-0.1, -0.05) is 179 Å². The van der Waals surface area contributed by atoms with Crippen molar-refractivity contribution in [2.45, 2.75) is 297 Å². The van der Waals surface area contributed by atoms with Gasteiger partial charge in [0.2, 0.25) is 0 Å². The number of hydrogen-bond acceptors (Lipinski definition) is 20. The average Bonchev–Trinajstić information content (AvgIpc) is 3.14. The quantitative estimate of drug-likeness (QED) is 0.0192. The predicted octanol–water partition coefficient (Wildman–Crippen LogP) is 13.1. The summed E-state index contributed by atoms with van der Waals surface area (Å²) in [4.78, 5) is 70.4. The lowest BCUT2D eigenvalue weighted by Gasteiger charge is -2.34. The molecular weight excluding hydrogens is 1210 g/mol. The first-order valence-corrected chi connectivity index (χ1v) is 39.8. The Labute approximate surface area is 568 Å². The number of ether oxygens (including phenoxy) is 5. The lowest BCUT2D eigenvalue weighted by atomic mass is 10.1. The Kier molecular flexibility index (Phi) is 59.4. The zero-order chi connectivity index (χ0) is 67.5. The van der Waals surface area contributed by atoms with E-state index in [-0.39, 0.29) is 29.8 Å². The number of piperazine rings is 1. The van der Waals surface area contributed by atoms with Gasteiger partial charge < -0.3 is 44.1 Å². The summed E-state index contributed by atoms with van der Waals surface area (Å²) < 4.78 is 27.2. The van der Waals surface area contributed by atoms with Crippen LogP contribution >= 0.6 is 21.6 Å². The van der Waals surface area contributed by atoms with Crippen LogP contribution in [0.25, 0.3) is 0 Å². The molecule has 0 saturated carbocycles. The highest BCUT2D eigenvalue weighted by molar-refractivity contribution is 8.76. The smallest absolute Gasteiger partial charge is 0.305 e. The van der Waals surface area contributed by atoms with E-state index >= 15 is 0 Å². The van der Waals surface area contributed by atoms with E-state index in [1.807, 2.05) is 21.6 Å². The van der Waals surface area contributed by atoms with Crippen molar-refractivity contribution in [2.75, 3.05) is 123 Å². The van der Waals surface area contributed by atoms with Crippen LogP contribution in [-0.2, 0) is 47.7 Å². The number of aliphatic hydroxyl groups excluding tert-OH is 4. The van der Waals surface area contributed by atoms with Gasteiger partial charge in [-0.25, -0.2) is 0 Å². The summed E-state index contributed by atoms with van der Waals surface area (Å²) in [6.45, 7) is 24.0. The van der Waals surface area contributed by atoms with E-state index < -0.39 is 24.4 Å². The number of esters is 5. The third-order valence-electron chi connectivity index (χ3n) is 17.9. The second-order valence-corrected chi connectivity index (χ2v) is 28.9. The molecule has 0 aromatic heterocycles. The van der Waals surface area contributed by atoms with E-state index in [1.165, 1.54) is 0 Å². The largest absolute Gasteiger partial charge is 0.466 e. The van der Waals surface area contributed by atoms with Crippen LogP contribution in [0.5, 0.6) is 0 Å². The Balaban J connectivity index is 2.47. The van der Waals surface area contributed by atoms with Crippen molar-refractivity contribution in [2.24, 2.45) is 11.8 Å². The van der Waals surface area contributed by atoms with Gasteiger partial charge in [0.1, 0.15) is 6.61 Å². The van der Waals surface area contributed by atoms with Crippen molar-refractivity contribution < 1.29 is 68.1 Å². The van der Waals surface area contributed by atoms with E-state index in [9.17, 15) is 44.4 Å². The maximum Gasteiger partial charge on any atom is 0.305 e. The minimum absolute atomic E-state index is 0.111. The van der Waals surface area contributed by atoms with Gasteiger partial charge in [-0.05, 0) is 108 Å². The van der Waals surface area contributed by atoms with Crippen molar-refractivity contribution >= 4 is 51.4 Å². The van der Waals surface area contributed by atoms with Gasteiger partial charge >= 0.3 is 29.8 Å². The van der Waals surface area contributed by atoms with E-state index in [1.54, 1.807) is 0 Å². The highest BCUT2D eigenvalue weighted by Gasteiger charge is 2.21. The Morgan fingerprint density at radius 2 is 0.663 bits per heavy atom. The second kappa shape index (κ2) is 62.3. The molecule has 0 aliphatic carbocycles. The molecule has 1 saturated heterocycles. The van der Waals surface area contributed by atoms with E-state index in [0.29, 0.717) is 148 Å². The molecule has 1 heterocycles. The van der Waals surface area contributed by atoms with Crippen LogP contribution < -0.4 is 0 Å². The number of carbonyl (C=O) groups excluding carboxylic acids is 5. The zero-order valence-electron chi connectivity index (χ0n) is 59.3. The van der Waals surface area contributed by atoms with E-state index in [4.69, 9.17) is 23.7 Å². The number of rotatable bonds is 66. The van der Waals surface area contributed by atoms with Gasteiger partial charge in [-0.2, -0.15) is 0 Å². The minimum Gasteiger partial charge on any atom is -0.466 e. The molecule has 0 amide bonds. The molecule has 542 valence electrons. The van der Waals surface area contributed by atoms with Crippen LogP contribution in [0.1, 0.15) is 273 Å². The van der Waals surface area contributed by atoms with Crippen molar-refractivity contribution in [1.29, 1.82) is 0 Å². The molecule has 0 spiro atoms. The van der Waals surface area contributed by atoms with Crippen molar-refractivity contribution in [3.63, 3.8) is 0 Å². The van der Waals surface area contributed by atoms with Gasteiger partial charge in [0.05, 0.1) is 50.8 Å². The summed E-state index contributed by atoms with van der Waals surface area (Å²) in [5.41, 5.74) is 0. The Morgan fingerprint density at radius 3 is 1.02 bits per heavy atom. The molecule has 1 fully saturated rings. The third-order valence-corrected chi connectivity index (χ3v) is 20.3. The number of aliphatic hydroxyl groups is 4. The topological polar surface area (TPSA) is 225 Å². The van der Waals surface area contributed by atoms with Crippen LogP contribution in [0, 0.1) is 11.8 Å². The Morgan fingerprint density at radius 1 is 0.359 bits per heavy atom. The first kappa shape index (κ1) is 87.7. The molecular formula is C72H138N4O14S2. The normalized spacial score (nSPS) is 14.5. The highest BCUT2D eigenvalue weighted by Crippen LogP contribution is 2.23. The number of hydrogen-bond donors (Lipinski definition) is 4. The third kappa shape index (κ3) is 53.8. The number of nitrogens with zero attached hydrogens (tertiary/aromatic N) is 4. The maximum atomic E-state index is 12.8. The Bertz CT molecular complexity index is 1660. The fourth-order valence-corrected chi connectivity index (χ4v) is 13.4. The Hall–Kier alpha value is -2.27. The molecule has 1 rings (SSSR count). The number of carbonyl (C=O) groups is 5. The second-order valence-electron chi connectivity index (χ2n) is 26.2. The summed E-state index contributed by atoms with van der Waals surface area (Å²) in [7, 11) is 3.80. The summed E-state index contributed by atoms with van der Waals surface area (Å²) in [5.74, 6) is 2.20. The average molecular weight is 1350 g/mol.